The van der Waals surface area contributed by atoms with Crippen LogP contribution in [0.1, 0.15) is 11.8 Å². The molecular formula is C14H10Cl3N3S. The van der Waals surface area contributed by atoms with Crippen molar-refractivity contribution < 1.29 is 0 Å². The number of halogens is 3. The van der Waals surface area contributed by atoms with E-state index in [9.17, 15) is 0 Å². The molecule has 0 saturated heterocycles. The van der Waals surface area contributed by atoms with Gasteiger partial charge in [0.05, 0.1) is 5.39 Å². The highest BCUT2D eigenvalue weighted by molar-refractivity contribution is 7.18. The summed E-state index contributed by atoms with van der Waals surface area (Å²) in [5.41, 5.74) is 0.757. The first kappa shape index (κ1) is 14.9. The fourth-order valence-corrected chi connectivity index (χ4v) is 3.69. The van der Waals surface area contributed by atoms with Crippen LogP contribution < -0.4 is 5.32 Å². The lowest BCUT2D eigenvalue weighted by atomic mass is 10.3. The van der Waals surface area contributed by atoms with Gasteiger partial charge in [-0.15, -0.1) is 11.3 Å². The third-order valence-electron chi connectivity index (χ3n) is 2.89. The van der Waals surface area contributed by atoms with Gasteiger partial charge in [0.15, 0.2) is 0 Å². The summed E-state index contributed by atoms with van der Waals surface area (Å²) in [6.45, 7) is 2.10. The zero-order valence-corrected chi connectivity index (χ0v) is 14.0. The molecule has 21 heavy (non-hydrogen) atoms. The third kappa shape index (κ3) is 3.24. The lowest BCUT2D eigenvalue weighted by Gasteiger charge is -2.08. The molecule has 0 unspecified atom stereocenters. The van der Waals surface area contributed by atoms with Crippen molar-refractivity contribution >= 4 is 67.9 Å². The van der Waals surface area contributed by atoms with Gasteiger partial charge in [0.25, 0.3) is 0 Å². The van der Waals surface area contributed by atoms with E-state index in [0.29, 0.717) is 15.9 Å². The number of hydrogen-bond donors (Lipinski definition) is 1. The van der Waals surface area contributed by atoms with Crippen LogP contribution in [0.4, 0.5) is 11.5 Å². The molecule has 7 heteroatoms. The van der Waals surface area contributed by atoms with Gasteiger partial charge in [-0.1, -0.05) is 30.1 Å². The van der Waals surface area contributed by atoms with Crippen molar-refractivity contribution in [1.29, 1.82) is 0 Å². The van der Waals surface area contributed by atoms with Crippen LogP contribution in [0.2, 0.25) is 15.3 Å². The topological polar surface area (TPSA) is 37.8 Å². The van der Waals surface area contributed by atoms with Gasteiger partial charge in [0.1, 0.15) is 10.6 Å². The number of nitrogens with zero attached hydrogens (tertiary/aromatic N) is 2. The summed E-state index contributed by atoms with van der Waals surface area (Å²) in [6, 6.07) is 7.31. The number of benzene rings is 1. The van der Waals surface area contributed by atoms with Crippen LogP contribution in [-0.4, -0.2) is 9.97 Å². The Bertz CT molecular complexity index is 796. The molecule has 0 fully saturated rings. The molecule has 0 radical (unpaired) electrons. The molecule has 0 aliphatic rings. The van der Waals surface area contributed by atoms with E-state index in [4.69, 9.17) is 34.8 Å². The minimum atomic E-state index is 0.211. The summed E-state index contributed by atoms with van der Waals surface area (Å²) >= 11 is 19.6. The number of aromatic nitrogens is 2. The standard InChI is InChI=1S/C14H10Cl3N3S/c1-2-10-6-11-12(19-14(17)20-13(11)21-10)18-9-4-7(15)3-8(16)5-9/h3-6H,2H2,1H3,(H,18,19,20). The maximum atomic E-state index is 6.01. The zero-order chi connectivity index (χ0) is 15.0. The van der Waals surface area contributed by atoms with E-state index in [1.165, 1.54) is 4.88 Å². The number of hydrogen-bond acceptors (Lipinski definition) is 4. The zero-order valence-electron chi connectivity index (χ0n) is 11.0. The van der Waals surface area contributed by atoms with Crippen molar-refractivity contribution in [2.75, 3.05) is 5.32 Å². The number of nitrogens with one attached hydrogen (secondary N) is 1. The maximum absolute atomic E-state index is 6.01. The van der Waals surface area contributed by atoms with E-state index in [1.54, 1.807) is 29.5 Å². The van der Waals surface area contributed by atoms with Crippen molar-refractivity contribution in [3.05, 3.63) is 44.5 Å². The van der Waals surface area contributed by atoms with Crippen molar-refractivity contribution in [3.8, 4) is 0 Å². The SMILES string of the molecule is CCc1cc2c(Nc3cc(Cl)cc(Cl)c3)nc(Cl)nc2s1. The Morgan fingerprint density at radius 3 is 2.43 bits per heavy atom. The van der Waals surface area contributed by atoms with E-state index >= 15 is 0 Å². The second-order valence-electron chi connectivity index (χ2n) is 4.41. The van der Waals surface area contributed by atoms with E-state index < -0.39 is 0 Å². The van der Waals surface area contributed by atoms with Gasteiger partial charge in [0.2, 0.25) is 5.28 Å². The molecule has 2 aromatic heterocycles. The van der Waals surface area contributed by atoms with Gasteiger partial charge < -0.3 is 5.32 Å². The van der Waals surface area contributed by atoms with Crippen molar-refractivity contribution in [2.24, 2.45) is 0 Å². The summed E-state index contributed by atoms with van der Waals surface area (Å²) in [4.78, 5) is 10.6. The number of fused-ring (bicyclic) bond motifs is 1. The quantitative estimate of drug-likeness (QED) is 0.587. The van der Waals surface area contributed by atoms with Crippen LogP contribution in [0.5, 0.6) is 0 Å². The molecule has 3 nitrogen and oxygen atoms in total. The molecule has 0 spiro atoms. The fraction of sp³-hybridized carbons (Fsp3) is 0.143. The number of aryl methyl sites for hydroxylation is 1. The Balaban J connectivity index is 2.08. The van der Waals surface area contributed by atoms with E-state index in [2.05, 4.69) is 28.3 Å². The molecular weight excluding hydrogens is 349 g/mol. The average Bonchev–Trinajstić information content (AvgIpc) is 2.80. The molecule has 108 valence electrons. The highest BCUT2D eigenvalue weighted by atomic mass is 35.5. The summed E-state index contributed by atoms with van der Waals surface area (Å²) < 4.78 is 0. The number of anilines is 2. The molecule has 0 aliphatic heterocycles. The van der Waals surface area contributed by atoms with Gasteiger partial charge in [0, 0.05) is 20.6 Å². The first-order chi connectivity index (χ1) is 10.0. The van der Waals surface area contributed by atoms with Gasteiger partial charge >= 0.3 is 0 Å². The Labute approximate surface area is 140 Å². The van der Waals surface area contributed by atoms with Crippen molar-refractivity contribution in [2.45, 2.75) is 13.3 Å². The Kier molecular flexibility index (Phi) is 4.22. The van der Waals surface area contributed by atoms with E-state index in [-0.39, 0.29) is 5.28 Å². The second-order valence-corrected chi connectivity index (χ2v) is 6.74. The van der Waals surface area contributed by atoms with Crippen LogP contribution >= 0.6 is 46.1 Å². The largest absolute Gasteiger partial charge is 0.339 e. The predicted molar refractivity (Wildman–Crippen MR) is 91.5 cm³/mol. The molecule has 0 saturated carbocycles. The molecule has 3 rings (SSSR count). The van der Waals surface area contributed by atoms with Crippen molar-refractivity contribution in [3.63, 3.8) is 0 Å². The average molecular weight is 359 g/mol. The van der Waals surface area contributed by atoms with Crippen LogP contribution in [0, 0.1) is 0 Å². The van der Waals surface area contributed by atoms with Gasteiger partial charge in [-0.3, -0.25) is 0 Å². The minimum Gasteiger partial charge on any atom is -0.339 e. The molecule has 2 heterocycles. The smallest absolute Gasteiger partial charge is 0.225 e. The minimum absolute atomic E-state index is 0.211. The molecule has 0 bridgehead atoms. The fourth-order valence-electron chi connectivity index (χ4n) is 1.98. The highest BCUT2D eigenvalue weighted by Gasteiger charge is 2.11. The lowest BCUT2D eigenvalue weighted by molar-refractivity contribution is 1.19. The summed E-state index contributed by atoms with van der Waals surface area (Å²) in [6.07, 6.45) is 0.946. The normalized spacial score (nSPS) is 11.0. The third-order valence-corrected chi connectivity index (χ3v) is 4.67. The predicted octanol–water partition coefficient (Wildman–Crippen LogP) is 5.96. The molecule has 0 atom stereocenters. The van der Waals surface area contributed by atoms with E-state index in [0.717, 1.165) is 22.3 Å². The Morgan fingerprint density at radius 2 is 1.76 bits per heavy atom. The molecule has 0 aliphatic carbocycles. The Hall–Kier alpha value is -1.07. The lowest BCUT2D eigenvalue weighted by Crippen LogP contribution is -1.96. The molecule has 1 aromatic carbocycles. The molecule has 0 amide bonds. The summed E-state index contributed by atoms with van der Waals surface area (Å²) in [5, 5.41) is 5.47. The highest BCUT2D eigenvalue weighted by Crippen LogP contribution is 2.33. The van der Waals surface area contributed by atoms with Crippen LogP contribution in [0.25, 0.3) is 10.2 Å². The first-order valence-electron chi connectivity index (χ1n) is 6.24. The number of rotatable bonds is 3. The summed E-state index contributed by atoms with van der Waals surface area (Å²) in [5.74, 6) is 0.652. The van der Waals surface area contributed by atoms with Crippen molar-refractivity contribution in [1.82, 2.24) is 9.97 Å². The van der Waals surface area contributed by atoms with Gasteiger partial charge in [-0.05, 0) is 42.3 Å². The van der Waals surface area contributed by atoms with Crippen LogP contribution in [0.3, 0.4) is 0 Å². The molecule has 3 aromatic rings. The maximum Gasteiger partial charge on any atom is 0.225 e. The van der Waals surface area contributed by atoms with Gasteiger partial charge in [-0.25, -0.2) is 4.98 Å². The van der Waals surface area contributed by atoms with E-state index in [1.807, 2.05) is 0 Å². The number of thiophene rings is 1. The van der Waals surface area contributed by atoms with Crippen LogP contribution in [0.15, 0.2) is 24.3 Å². The first-order valence-corrected chi connectivity index (χ1v) is 8.19. The monoisotopic (exact) mass is 357 g/mol. The summed E-state index contributed by atoms with van der Waals surface area (Å²) in [7, 11) is 0. The second kappa shape index (κ2) is 5.97. The molecule has 1 N–H and O–H groups in total. The Morgan fingerprint density at radius 1 is 1.05 bits per heavy atom. The van der Waals surface area contributed by atoms with Crippen LogP contribution in [-0.2, 0) is 6.42 Å². The van der Waals surface area contributed by atoms with Gasteiger partial charge in [-0.2, -0.15) is 4.98 Å².